The van der Waals surface area contributed by atoms with Crippen LogP contribution in [0.2, 0.25) is 0 Å². The van der Waals surface area contributed by atoms with Crippen molar-refractivity contribution in [3.63, 3.8) is 0 Å². The van der Waals surface area contributed by atoms with E-state index >= 15 is 0 Å². The second kappa shape index (κ2) is 5.15. The average molecular weight is 150 g/mol. The minimum Gasteiger partial charge on any atom is -0.130 e. The van der Waals surface area contributed by atoms with Crippen LogP contribution < -0.4 is 0 Å². The summed E-state index contributed by atoms with van der Waals surface area (Å²) in [5, 5.41) is 0. The molecule has 0 fully saturated rings. The molecule has 0 saturated heterocycles. The van der Waals surface area contributed by atoms with Crippen LogP contribution in [0, 0.1) is 6.07 Å². The van der Waals surface area contributed by atoms with E-state index < -0.39 is 0 Å². The Labute approximate surface area is 76.2 Å². The lowest BCUT2D eigenvalue weighted by atomic mass is 10.4. The first-order valence-corrected chi connectivity index (χ1v) is 3.66. The molecule has 2 heteroatoms. The molecule has 0 saturated carbocycles. The number of thioether (sulfide) groups is 1. The second-order valence-electron chi connectivity index (χ2n) is 1.44. The van der Waals surface area contributed by atoms with Gasteiger partial charge in [0.2, 0.25) is 0 Å². The summed E-state index contributed by atoms with van der Waals surface area (Å²) < 4.78 is 0. The van der Waals surface area contributed by atoms with Crippen molar-refractivity contribution in [2.45, 2.75) is 4.90 Å². The van der Waals surface area contributed by atoms with Crippen LogP contribution in [0.3, 0.4) is 0 Å². The van der Waals surface area contributed by atoms with Gasteiger partial charge in [0.15, 0.2) is 0 Å². The van der Waals surface area contributed by atoms with Gasteiger partial charge in [-0.15, -0.1) is 11.8 Å². The van der Waals surface area contributed by atoms with Gasteiger partial charge < -0.3 is 0 Å². The molecule has 0 atom stereocenters. The van der Waals surface area contributed by atoms with Crippen LogP contribution >= 0.6 is 11.8 Å². The Morgan fingerprint density at radius 1 is 1.33 bits per heavy atom. The molecule has 9 heavy (non-hydrogen) atoms. The normalized spacial score (nSPS) is 8.11. The van der Waals surface area contributed by atoms with Gasteiger partial charge >= 0.3 is 23.1 Å². The van der Waals surface area contributed by atoms with E-state index in [4.69, 9.17) is 0 Å². The highest BCUT2D eigenvalue weighted by Crippen LogP contribution is 2.11. The van der Waals surface area contributed by atoms with Crippen LogP contribution in [0.25, 0.3) is 0 Å². The van der Waals surface area contributed by atoms with Crippen LogP contribution in [0.5, 0.6) is 0 Å². The molecular weight excluding hydrogens is 140 g/mol. The molecule has 0 bridgehead atoms. The molecule has 1 aromatic carbocycles. The Balaban J connectivity index is 0.000000640. The molecule has 0 N–H and O–H groups in total. The molecule has 0 nitrogen and oxygen atoms in total. The van der Waals surface area contributed by atoms with Crippen LogP contribution in [0.15, 0.2) is 29.2 Å². The molecule has 0 aliphatic carbocycles. The first-order valence-electron chi connectivity index (χ1n) is 2.43. The van der Waals surface area contributed by atoms with Crippen molar-refractivity contribution in [1.82, 2.24) is 0 Å². The molecule has 0 aromatic heterocycles. The largest absolute Gasteiger partial charge is 0.316 e. The van der Waals surface area contributed by atoms with Gasteiger partial charge in [-0.25, -0.2) is 0 Å². The van der Waals surface area contributed by atoms with Crippen molar-refractivity contribution < 1.29 is 0 Å². The van der Waals surface area contributed by atoms with Crippen LogP contribution in [0.1, 0.15) is 0 Å². The highest BCUT2D eigenvalue weighted by molar-refractivity contribution is 7.98. The summed E-state index contributed by atoms with van der Waals surface area (Å²) in [6, 6.07) is 10.9. The van der Waals surface area contributed by atoms with Crippen molar-refractivity contribution >= 4 is 34.8 Å². The van der Waals surface area contributed by atoms with Gasteiger partial charge in [-0.05, 0) is 24.5 Å². The molecular formula is C7H9MgS. The molecule has 0 aliphatic rings. The molecule has 0 spiro atoms. The van der Waals surface area contributed by atoms with E-state index in [1.54, 1.807) is 11.8 Å². The van der Waals surface area contributed by atoms with E-state index in [9.17, 15) is 0 Å². The zero-order valence-electron chi connectivity index (χ0n) is 4.72. The van der Waals surface area contributed by atoms with E-state index in [1.165, 1.54) is 4.90 Å². The van der Waals surface area contributed by atoms with Crippen molar-refractivity contribution in [2.24, 2.45) is 0 Å². The van der Waals surface area contributed by atoms with Gasteiger partial charge in [0.1, 0.15) is 0 Å². The van der Waals surface area contributed by atoms with Crippen LogP contribution in [-0.2, 0) is 0 Å². The minimum atomic E-state index is 0. The molecule has 0 heterocycles. The monoisotopic (exact) mass is 149 g/mol. The summed E-state index contributed by atoms with van der Waals surface area (Å²) in [6.07, 6.45) is 2.06. The third-order valence-corrected chi connectivity index (χ3v) is 1.67. The Bertz CT molecular complexity index is 150. The first-order chi connectivity index (χ1) is 3.93. The lowest BCUT2D eigenvalue weighted by molar-refractivity contribution is 1.46. The highest BCUT2D eigenvalue weighted by atomic mass is 32.2. The summed E-state index contributed by atoms with van der Waals surface area (Å²) >= 11 is 1.75. The van der Waals surface area contributed by atoms with Gasteiger partial charge in [0, 0.05) is 4.90 Å². The molecule has 0 unspecified atom stereocenters. The van der Waals surface area contributed by atoms with E-state index in [-0.39, 0.29) is 23.1 Å². The number of benzene rings is 1. The molecule has 1 radical (unpaired) electrons. The minimum absolute atomic E-state index is 0. The zero-order valence-corrected chi connectivity index (χ0v) is 5.53. The first kappa shape index (κ1) is 9.34. The maximum Gasteiger partial charge on any atom is 0.316 e. The lowest BCUT2D eigenvalue weighted by Crippen LogP contribution is -1.63. The van der Waals surface area contributed by atoms with Crippen molar-refractivity contribution in [2.75, 3.05) is 6.26 Å². The SMILES string of the molecule is CSc1cc[c]cc1.[MgH2]. The zero-order chi connectivity index (χ0) is 5.82. The maximum absolute atomic E-state index is 2.95. The van der Waals surface area contributed by atoms with Crippen molar-refractivity contribution in [1.29, 1.82) is 0 Å². The fraction of sp³-hybridized carbons (Fsp3) is 0.143. The Kier molecular flexibility index (Phi) is 5.34. The smallest absolute Gasteiger partial charge is 0.130 e. The standard InChI is InChI=1S/C7H7S.Mg.2H/c1-8-7-5-3-2-4-6-7;;;/h3-6H,1H3;;;. The molecule has 45 valence electrons. The third-order valence-electron chi connectivity index (χ3n) is 0.923. The predicted octanol–water partition coefficient (Wildman–Crippen LogP) is 1.29. The lowest BCUT2D eigenvalue weighted by Gasteiger charge is -1.88. The van der Waals surface area contributed by atoms with Crippen molar-refractivity contribution in [3.8, 4) is 0 Å². The van der Waals surface area contributed by atoms with E-state index in [0.29, 0.717) is 0 Å². The Hall–Kier alpha value is 0.336. The summed E-state index contributed by atoms with van der Waals surface area (Å²) in [6.45, 7) is 0. The number of hydrogen-bond acceptors (Lipinski definition) is 1. The fourth-order valence-corrected chi connectivity index (χ4v) is 0.916. The van der Waals surface area contributed by atoms with E-state index in [1.807, 2.05) is 24.3 Å². The quantitative estimate of drug-likeness (QED) is 0.428. The van der Waals surface area contributed by atoms with Gasteiger partial charge in [-0.2, -0.15) is 0 Å². The number of hydrogen-bond donors (Lipinski definition) is 0. The fourth-order valence-electron chi connectivity index (χ4n) is 0.508. The van der Waals surface area contributed by atoms with E-state index in [2.05, 4.69) is 12.3 Å². The molecule has 0 amide bonds. The number of rotatable bonds is 1. The summed E-state index contributed by atoms with van der Waals surface area (Å²) in [5.41, 5.74) is 0. The molecule has 1 rings (SSSR count). The summed E-state index contributed by atoms with van der Waals surface area (Å²) in [5.74, 6) is 0. The average Bonchev–Trinajstić information content (AvgIpc) is 1.90. The molecule has 0 aliphatic heterocycles. The van der Waals surface area contributed by atoms with E-state index in [0.717, 1.165) is 0 Å². The third kappa shape index (κ3) is 3.13. The second-order valence-corrected chi connectivity index (χ2v) is 2.32. The summed E-state index contributed by atoms with van der Waals surface area (Å²) in [7, 11) is 0. The van der Waals surface area contributed by atoms with Gasteiger partial charge in [0.05, 0.1) is 0 Å². The Morgan fingerprint density at radius 3 is 2.22 bits per heavy atom. The Morgan fingerprint density at radius 2 is 1.89 bits per heavy atom. The van der Waals surface area contributed by atoms with Crippen LogP contribution in [0.4, 0.5) is 0 Å². The van der Waals surface area contributed by atoms with Crippen molar-refractivity contribution in [3.05, 3.63) is 30.3 Å². The predicted molar refractivity (Wildman–Crippen MR) is 45.6 cm³/mol. The van der Waals surface area contributed by atoms with Gasteiger partial charge in [0.25, 0.3) is 0 Å². The highest BCUT2D eigenvalue weighted by Gasteiger charge is 1.80. The van der Waals surface area contributed by atoms with Gasteiger partial charge in [-0.3, -0.25) is 0 Å². The van der Waals surface area contributed by atoms with Gasteiger partial charge in [-0.1, -0.05) is 12.1 Å². The molecule has 1 aromatic rings. The topological polar surface area (TPSA) is 0 Å². The maximum atomic E-state index is 2.95. The summed E-state index contributed by atoms with van der Waals surface area (Å²) in [4.78, 5) is 1.30. The van der Waals surface area contributed by atoms with Crippen LogP contribution in [-0.4, -0.2) is 29.3 Å².